The van der Waals surface area contributed by atoms with E-state index >= 15 is 0 Å². The number of allylic oxidation sites excluding steroid dienone is 1. The third-order valence-electron chi connectivity index (χ3n) is 1.45. The topological polar surface area (TPSA) is 0 Å². The molecule has 0 amide bonds. The van der Waals surface area contributed by atoms with E-state index < -0.39 is 0 Å². The summed E-state index contributed by atoms with van der Waals surface area (Å²) in [6.45, 7) is 3.65. The molecule has 0 aliphatic heterocycles. The fourth-order valence-corrected chi connectivity index (χ4v) is 0.875. The van der Waals surface area contributed by atoms with Crippen LogP contribution in [-0.4, -0.2) is 0 Å². The average Bonchev–Trinajstić information content (AvgIpc) is 2.07. The molecule has 0 heteroatoms. The quantitative estimate of drug-likeness (QED) is 0.450. The van der Waals surface area contributed by atoms with E-state index in [1.807, 2.05) is 24.3 Å². The summed E-state index contributed by atoms with van der Waals surface area (Å²) in [4.78, 5) is 0. The van der Waals surface area contributed by atoms with Crippen molar-refractivity contribution in [2.45, 2.75) is 12.8 Å². The fourth-order valence-electron chi connectivity index (χ4n) is 0.875. The van der Waals surface area contributed by atoms with Gasteiger partial charge in [0.05, 0.1) is 0 Å². The third kappa shape index (κ3) is 3.03. The van der Waals surface area contributed by atoms with E-state index in [-0.39, 0.29) is 0 Å². The standard InChI is InChI=1S/C11H12/c1-2-3-5-8-11-9-6-4-7-10-11/h2,4,6-7,9-10H,1,3,5H2. The third-order valence-corrected chi connectivity index (χ3v) is 1.45. The van der Waals surface area contributed by atoms with Gasteiger partial charge in [-0.1, -0.05) is 36.4 Å². The Kier molecular flexibility index (Phi) is 3.46. The summed E-state index contributed by atoms with van der Waals surface area (Å²) in [5.74, 6) is 0. The first kappa shape index (κ1) is 8.06. The number of hydrogen-bond donors (Lipinski definition) is 0. The molecule has 0 aliphatic rings. The molecule has 0 fully saturated rings. The van der Waals surface area contributed by atoms with Crippen LogP contribution >= 0.6 is 0 Å². The molecule has 56 valence electrons. The van der Waals surface area contributed by atoms with Crippen molar-refractivity contribution in [3.05, 3.63) is 55.0 Å². The van der Waals surface area contributed by atoms with Crippen molar-refractivity contribution in [1.82, 2.24) is 0 Å². The van der Waals surface area contributed by atoms with Gasteiger partial charge in [0.15, 0.2) is 0 Å². The van der Waals surface area contributed by atoms with Gasteiger partial charge in [0, 0.05) is 6.42 Å². The summed E-state index contributed by atoms with van der Waals surface area (Å²) >= 11 is 0. The molecule has 0 saturated heterocycles. The second-order valence-electron chi connectivity index (χ2n) is 2.37. The molecular formula is C11H12. The summed E-state index contributed by atoms with van der Waals surface area (Å²) in [6.07, 6.45) is 7.16. The smallest absolute Gasteiger partial charge is 0.0167 e. The highest BCUT2D eigenvalue weighted by Crippen LogP contribution is 2.06. The minimum absolute atomic E-state index is 0.966. The van der Waals surface area contributed by atoms with Gasteiger partial charge in [0.2, 0.25) is 0 Å². The number of benzene rings is 1. The summed E-state index contributed by atoms with van der Waals surface area (Å²) in [5, 5.41) is 0. The summed E-state index contributed by atoms with van der Waals surface area (Å²) < 4.78 is 0. The monoisotopic (exact) mass is 144 g/mol. The van der Waals surface area contributed by atoms with Crippen molar-refractivity contribution < 1.29 is 0 Å². The van der Waals surface area contributed by atoms with E-state index in [4.69, 9.17) is 0 Å². The molecular weight excluding hydrogens is 132 g/mol. The first-order valence-corrected chi connectivity index (χ1v) is 3.83. The minimum atomic E-state index is 0.966. The maximum Gasteiger partial charge on any atom is 0.0167 e. The minimum Gasteiger partial charge on any atom is -0.103 e. The molecule has 2 radical (unpaired) electrons. The molecule has 0 N–H and O–H groups in total. The summed E-state index contributed by atoms with van der Waals surface area (Å²) in [5.41, 5.74) is 1.18. The van der Waals surface area contributed by atoms with Gasteiger partial charge < -0.3 is 0 Å². The summed E-state index contributed by atoms with van der Waals surface area (Å²) in [7, 11) is 0. The van der Waals surface area contributed by atoms with Crippen molar-refractivity contribution >= 4 is 0 Å². The normalized spacial score (nSPS) is 9.45. The zero-order valence-electron chi connectivity index (χ0n) is 6.59. The number of rotatable bonds is 4. The van der Waals surface area contributed by atoms with E-state index in [9.17, 15) is 0 Å². The van der Waals surface area contributed by atoms with Gasteiger partial charge in [-0.15, -0.1) is 6.58 Å². The molecule has 0 aliphatic carbocycles. The SMILES string of the molecule is C=CCC[C]c1ccccc1. The molecule has 11 heavy (non-hydrogen) atoms. The van der Waals surface area contributed by atoms with Crippen molar-refractivity contribution in [2.75, 3.05) is 0 Å². The molecule has 1 rings (SSSR count). The van der Waals surface area contributed by atoms with Crippen LogP contribution in [0.25, 0.3) is 0 Å². The molecule has 0 spiro atoms. The van der Waals surface area contributed by atoms with Crippen LogP contribution in [0.1, 0.15) is 18.4 Å². The highest BCUT2D eigenvalue weighted by atomic mass is 13.9. The summed E-state index contributed by atoms with van der Waals surface area (Å²) in [6, 6.07) is 10.2. The lowest BCUT2D eigenvalue weighted by atomic mass is 10.1. The number of hydrogen-bond acceptors (Lipinski definition) is 0. The van der Waals surface area contributed by atoms with Crippen LogP contribution in [0.3, 0.4) is 0 Å². The van der Waals surface area contributed by atoms with Crippen LogP contribution in [0.4, 0.5) is 0 Å². The molecule has 1 aromatic carbocycles. The van der Waals surface area contributed by atoms with Gasteiger partial charge >= 0.3 is 0 Å². The van der Waals surface area contributed by atoms with Crippen molar-refractivity contribution in [1.29, 1.82) is 0 Å². The lowest BCUT2D eigenvalue weighted by Gasteiger charge is -1.95. The second kappa shape index (κ2) is 4.73. The lowest BCUT2D eigenvalue weighted by Crippen LogP contribution is -1.78. The Morgan fingerprint density at radius 2 is 2.00 bits per heavy atom. The van der Waals surface area contributed by atoms with Gasteiger partial charge in [-0.25, -0.2) is 0 Å². The van der Waals surface area contributed by atoms with Crippen LogP contribution in [-0.2, 0) is 0 Å². The predicted molar refractivity (Wildman–Crippen MR) is 48.2 cm³/mol. The van der Waals surface area contributed by atoms with Crippen LogP contribution in [0.2, 0.25) is 0 Å². The highest BCUT2D eigenvalue weighted by molar-refractivity contribution is 5.22. The molecule has 0 atom stereocenters. The Morgan fingerprint density at radius 1 is 1.27 bits per heavy atom. The first-order valence-electron chi connectivity index (χ1n) is 3.83. The lowest BCUT2D eigenvalue weighted by molar-refractivity contribution is 0.993. The van der Waals surface area contributed by atoms with E-state index in [0.29, 0.717) is 0 Å². The van der Waals surface area contributed by atoms with Gasteiger partial charge in [0.1, 0.15) is 0 Å². The molecule has 0 aromatic heterocycles. The Balaban J connectivity index is 2.33. The molecule has 0 heterocycles. The van der Waals surface area contributed by atoms with Crippen LogP contribution in [0.15, 0.2) is 43.0 Å². The average molecular weight is 144 g/mol. The Bertz CT molecular complexity index is 199. The van der Waals surface area contributed by atoms with Crippen LogP contribution in [0.5, 0.6) is 0 Å². The maximum atomic E-state index is 3.65. The molecule has 0 unspecified atom stereocenters. The zero-order valence-corrected chi connectivity index (χ0v) is 6.59. The Labute approximate surface area is 68.6 Å². The largest absolute Gasteiger partial charge is 0.103 e. The van der Waals surface area contributed by atoms with Crippen LogP contribution < -0.4 is 0 Å². The Morgan fingerprint density at radius 3 is 2.64 bits per heavy atom. The van der Waals surface area contributed by atoms with Gasteiger partial charge in [0.25, 0.3) is 0 Å². The Hall–Kier alpha value is -1.04. The zero-order chi connectivity index (χ0) is 7.94. The number of unbranched alkanes of at least 4 members (excludes halogenated alkanes) is 1. The van der Waals surface area contributed by atoms with Gasteiger partial charge in [-0.2, -0.15) is 0 Å². The van der Waals surface area contributed by atoms with Crippen LogP contribution in [0, 0.1) is 6.42 Å². The predicted octanol–water partition coefficient (Wildman–Crippen LogP) is 3.08. The van der Waals surface area contributed by atoms with Crippen molar-refractivity contribution in [3.8, 4) is 0 Å². The second-order valence-corrected chi connectivity index (χ2v) is 2.37. The van der Waals surface area contributed by atoms with E-state index in [1.165, 1.54) is 5.56 Å². The fraction of sp³-hybridized carbons (Fsp3) is 0.182. The maximum absolute atomic E-state index is 3.65. The molecule has 1 aromatic rings. The highest BCUT2D eigenvalue weighted by Gasteiger charge is 1.89. The van der Waals surface area contributed by atoms with Crippen molar-refractivity contribution in [2.24, 2.45) is 0 Å². The van der Waals surface area contributed by atoms with Gasteiger partial charge in [-0.3, -0.25) is 0 Å². The first-order chi connectivity index (χ1) is 5.43. The van der Waals surface area contributed by atoms with Gasteiger partial charge in [-0.05, 0) is 18.4 Å². The van der Waals surface area contributed by atoms with E-state index in [1.54, 1.807) is 0 Å². The molecule has 0 bridgehead atoms. The van der Waals surface area contributed by atoms with E-state index in [0.717, 1.165) is 12.8 Å². The van der Waals surface area contributed by atoms with E-state index in [2.05, 4.69) is 25.1 Å². The molecule has 0 nitrogen and oxygen atoms in total. The molecule has 0 saturated carbocycles. The van der Waals surface area contributed by atoms with Crippen molar-refractivity contribution in [3.63, 3.8) is 0 Å².